The van der Waals surface area contributed by atoms with E-state index in [4.69, 9.17) is 0 Å². The van der Waals surface area contributed by atoms with E-state index in [1.54, 1.807) is 6.92 Å². The first-order valence-corrected chi connectivity index (χ1v) is 4.58. The minimum Gasteiger partial charge on any atom is -0.295 e. The lowest BCUT2D eigenvalue weighted by Crippen LogP contribution is -1.91. The van der Waals surface area contributed by atoms with Crippen LogP contribution in [0.4, 0.5) is 0 Å². The summed E-state index contributed by atoms with van der Waals surface area (Å²) in [5.74, 6) is 0.0909. The van der Waals surface area contributed by atoms with Crippen LogP contribution in [0.2, 0.25) is 0 Å². The third kappa shape index (κ3) is 2.43. The molecular formula is C13H14O. The lowest BCUT2D eigenvalue weighted by atomic mass is 10.0. The van der Waals surface area contributed by atoms with Crippen LogP contribution in [-0.4, -0.2) is 5.78 Å². The Kier molecular flexibility index (Phi) is 3.41. The maximum atomic E-state index is 11.0. The lowest BCUT2D eigenvalue weighted by molar-refractivity contribution is 0.101. The highest BCUT2D eigenvalue weighted by atomic mass is 16.1. The van der Waals surface area contributed by atoms with Gasteiger partial charge in [-0.05, 0) is 25.0 Å². The van der Waals surface area contributed by atoms with Crippen molar-refractivity contribution in [2.75, 3.05) is 0 Å². The number of carbonyl (C=O) groups excluding carboxylic acids is 1. The highest BCUT2D eigenvalue weighted by Crippen LogP contribution is 2.14. The molecule has 1 nitrogen and oxygen atoms in total. The molecule has 0 aliphatic rings. The fraction of sp³-hybridized carbons (Fsp3) is 0.154. The predicted octanol–water partition coefficient (Wildman–Crippen LogP) is 3.48. The van der Waals surface area contributed by atoms with Crippen LogP contribution in [0.3, 0.4) is 0 Å². The van der Waals surface area contributed by atoms with Gasteiger partial charge in [0.25, 0.3) is 0 Å². The fourth-order valence-electron chi connectivity index (χ4n) is 1.22. The number of benzene rings is 1. The van der Waals surface area contributed by atoms with Crippen LogP contribution in [0.15, 0.2) is 43.0 Å². The third-order valence-corrected chi connectivity index (χ3v) is 2.03. The van der Waals surface area contributed by atoms with E-state index in [9.17, 15) is 4.79 Å². The molecule has 0 amide bonds. The molecule has 0 aliphatic heterocycles. The normalized spacial score (nSPS) is 10.4. The number of hydrogen-bond acceptors (Lipinski definition) is 1. The van der Waals surface area contributed by atoms with E-state index in [-0.39, 0.29) is 5.78 Å². The number of rotatable bonds is 3. The molecule has 0 fully saturated rings. The van der Waals surface area contributed by atoms with Crippen LogP contribution in [0.5, 0.6) is 0 Å². The smallest absolute Gasteiger partial charge is 0.159 e. The molecule has 0 saturated heterocycles. The predicted molar refractivity (Wildman–Crippen MR) is 60.3 cm³/mol. The van der Waals surface area contributed by atoms with Gasteiger partial charge >= 0.3 is 0 Å². The van der Waals surface area contributed by atoms with Crippen molar-refractivity contribution in [3.05, 3.63) is 54.1 Å². The van der Waals surface area contributed by atoms with Gasteiger partial charge < -0.3 is 0 Å². The van der Waals surface area contributed by atoms with Gasteiger partial charge in [0.05, 0.1) is 0 Å². The average Bonchev–Trinajstić information content (AvgIpc) is 2.18. The maximum Gasteiger partial charge on any atom is 0.159 e. The summed E-state index contributed by atoms with van der Waals surface area (Å²) in [6.07, 6.45) is 3.89. The topological polar surface area (TPSA) is 17.1 Å². The van der Waals surface area contributed by atoms with Crippen molar-refractivity contribution in [1.29, 1.82) is 0 Å². The lowest BCUT2D eigenvalue weighted by Gasteiger charge is -2.01. The van der Waals surface area contributed by atoms with Crippen molar-refractivity contribution in [3.63, 3.8) is 0 Å². The van der Waals surface area contributed by atoms with Crippen LogP contribution in [0, 0.1) is 0 Å². The second kappa shape index (κ2) is 4.56. The summed E-state index contributed by atoms with van der Waals surface area (Å²) in [6, 6.07) is 7.48. The maximum absolute atomic E-state index is 11.0. The Morgan fingerprint density at radius 3 is 2.14 bits per heavy atom. The van der Waals surface area contributed by atoms with Crippen molar-refractivity contribution < 1.29 is 4.79 Å². The van der Waals surface area contributed by atoms with E-state index >= 15 is 0 Å². The zero-order valence-corrected chi connectivity index (χ0v) is 8.58. The first-order valence-electron chi connectivity index (χ1n) is 4.58. The second-order valence-corrected chi connectivity index (χ2v) is 3.16. The van der Waals surface area contributed by atoms with Crippen molar-refractivity contribution in [3.8, 4) is 0 Å². The molecule has 72 valence electrons. The van der Waals surface area contributed by atoms with E-state index < -0.39 is 0 Å². The van der Waals surface area contributed by atoms with Crippen LogP contribution in [-0.2, 0) is 0 Å². The van der Waals surface area contributed by atoms with Gasteiger partial charge in [-0.15, -0.1) is 0 Å². The molecule has 0 radical (unpaired) electrons. The number of ketones is 1. The largest absolute Gasteiger partial charge is 0.295 e. The Morgan fingerprint density at radius 1 is 1.21 bits per heavy atom. The molecule has 0 bridgehead atoms. The Balaban J connectivity index is 2.94. The summed E-state index contributed by atoms with van der Waals surface area (Å²) in [5.41, 5.74) is 2.75. The van der Waals surface area contributed by atoms with Gasteiger partial charge in [0, 0.05) is 5.56 Å². The van der Waals surface area contributed by atoms with Crippen LogP contribution in [0.25, 0.3) is 5.57 Å². The summed E-state index contributed by atoms with van der Waals surface area (Å²) >= 11 is 0. The third-order valence-electron chi connectivity index (χ3n) is 2.03. The van der Waals surface area contributed by atoms with Crippen molar-refractivity contribution in [2.24, 2.45) is 0 Å². The van der Waals surface area contributed by atoms with Gasteiger partial charge in [-0.25, -0.2) is 0 Å². The molecule has 0 aliphatic carbocycles. The van der Waals surface area contributed by atoms with Crippen LogP contribution >= 0.6 is 0 Å². The molecular weight excluding hydrogens is 172 g/mol. The number of Topliss-reactive ketones (excluding diaryl/α,β-unsaturated/α-hetero) is 1. The minimum atomic E-state index is 0.0909. The van der Waals surface area contributed by atoms with Crippen LogP contribution < -0.4 is 0 Å². The van der Waals surface area contributed by atoms with Crippen molar-refractivity contribution in [1.82, 2.24) is 0 Å². The summed E-state index contributed by atoms with van der Waals surface area (Å²) in [4.78, 5) is 11.0. The summed E-state index contributed by atoms with van der Waals surface area (Å²) in [6.45, 7) is 7.44. The van der Waals surface area contributed by atoms with E-state index in [0.717, 1.165) is 16.7 Å². The highest BCUT2D eigenvalue weighted by molar-refractivity contribution is 5.94. The number of carbonyl (C=O) groups is 1. The molecule has 0 heterocycles. The Morgan fingerprint density at radius 2 is 1.71 bits per heavy atom. The monoisotopic (exact) mass is 186 g/mol. The summed E-state index contributed by atoms with van der Waals surface area (Å²) in [7, 11) is 0. The molecule has 14 heavy (non-hydrogen) atoms. The first kappa shape index (κ1) is 10.5. The zero-order chi connectivity index (χ0) is 10.6. The molecule has 0 spiro atoms. The van der Waals surface area contributed by atoms with Crippen LogP contribution in [0.1, 0.15) is 29.8 Å². The quantitative estimate of drug-likeness (QED) is 0.521. The summed E-state index contributed by atoms with van der Waals surface area (Å²) in [5, 5.41) is 0. The molecule has 0 N–H and O–H groups in total. The minimum absolute atomic E-state index is 0.0909. The van der Waals surface area contributed by atoms with Crippen molar-refractivity contribution in [2.45, 2.75) is 13.8 Å². The first-order chi connectivity index (χ1) is 6.65. The zero-order valence-electron chi connectivity index (χ0n) is 8.58. The SMILES string of the molecule is C=C(/C=C\C)c1ccc(C(C)=O)cc1. The highest BCUT2D eigenvalue weighted by Gasteiger charge is 1.99. The second-order valence-electron chi connectivity index (χ2n) is 3.16. The van der Waals surface area contributed by atoms with Gasteiger partial charge in [0.15, 0.2) is 5.78 Å². The fourth-order valence-corrected chi connectivity index (χ4v) is 1.22. The van der Waals surface area contributed by atoms with Gasteiger partial charge in [-0.1, -0.05) is 43.0 Å². The Bertz CT molecular complexity index is 369. The molecule has 0 saturated carbocycles. The molecule has 1 heteroatoms. The van der Waals surface area contributed by atoms with E-state index in [1.165, 1.54) is 0 Å². The van der Waals surface area contributed by atoms with E-state index in [1.807, 2.05) is 43.3 Å². The molecule has 0 unspecified atom stereocenters. The average molecular weight is 186 g/mol. The van der Waals surface area contributed by atoms with Gasteiger partial charge in [-0.2, -0.15) is 0 Å². The van der Waals surface area contributed by atoms with Gasteiger partial charge in [0.1, 0.15) is 0 Å². The van der Waals surface area contributed by atoms with Crippen molar-refractivity contribution >= 4 is 11.4 Å². The van der Waals surface area contributed by atoms with Gasteiger partial charge in [-0.3, -0.25) is 4.79 Å². The number of hydrogen-bond donors (Lipinski definition) is 0. The summed E-state index contributed by atoms with van der Waals surface area (Å²) < 4.78 is 0. The standard InChI is InChI=1S/C13H14O/c1-4-5-10(2)12-6-8-13(9-7-12)11(3)14/h4-9H,2H2,1,3H3/b5-4-. The molecule has 1 aromatic rings. The molecule has 0 aromatic heterocycles. The Labute approximate surface area is 84.8 Å². The van der Waals surface area contributed by atoms with E-state index in [2.05, 4.69) is 6.58 Å². The molecule has 0 atom stereocenters. The molecule has 1 aromatic carbocycles. The number of allylic oxidation sites excluding steroid dienone is 3. The van der Waals surface area contributed by atoms with Gasteiger partial charge in [0.2, 0.25) is 0 Å². The molecule has 1 rings (SSSR count). The Hall–Kier alpha value is -1.63. The van der Waals surface area contributed by atoms with E-state index in [0.29, 0.717) is 0 Å².